The summed E-state index contributed by atoms with van der Waals surface area (Å²) in [6.45, 7) is 7.52. The van der Waals surface area contributed by atoms with Crippen molar-refractivity contribution in [2.24, 2.45) is 28.6 Å². The summed E-state index contributed by atoms with van der Waals surface area (Å²) >= 11 is 0. The minimum atomic E-state index is -1.18. The Bertz CT molecular complexity index is 1110. The van der Waals surface area contributed by atoms with Crippen molar-refractivity contribution < 1.29 is 19.1 Å². The number of hydrogen-bond donors (Lipinski definition) is 0. The molecule has 0 amide bonds. The van der Waals surface area contributed by atoms with Crippen LogP contribution in [0.2, 0.25) is 0 Å². The van der Waals surface area contributed by atoms with Crippen LogP contribution in [-0.4, -0.2) is 23.1 Å². The lowest BCUT2D eigenvalue weighted by molar-refractivity contribution is -0.185. The van der Waals surface area contributed by atoms with Gasteiger partial charge in [0.25, 0.3) is 0 Å². The highest BCUT2D eigenvalue weighted by molar-refractivity contribution is 6.01. The molecule has 33 heavy (non-hydrogen) atoms. The first-order chi connectivity index (χ1) is 15.6. The molecule has 0 saturated heterocycles. The normalized spacial score (nSPS) is 41.5. The Balaban J connectivity index is 1.61. The van der Waals surface area contributed by atoms with Crippen LogP contribution in [0.1, 0.15) is 58.4 Å². The molecular formula is C29H32O4. The van der Waals surface area contributed by atoms with Gasteiger partial charge in [-0.05, 0) is 67.2 Å². The molecule has 0 unspecified atom stereocenters. The fourth-order valence-electron chi connectivity index (χ4n) is 7.45. The van der Waals surface area contributed by atoms with E-state index < -0.39 is 17.0 Å². The average Bonchev–Trinajstić information content (AvgIpc) is 2.77. The van der Waals surface area contributed by atoms with Crippen molar-refractivity contribution >= 4 is 17.5 Å². The second-order valence-corrected chi connectivity index (χ2v) is 11.0. The molecule has 2 saturated carbocycles. The van der Waals surface area contributed by atoms with Crippen LogP contribution in [0.25, 0.3) is 0 Å². The number of hydrogen-bond acceptors (Lipinski definition) is 4. The number of benzene rings is 1. The third kappa shape index (κ3) is 3.13. The molecule has 5 rings (SSSR count). The predicted molar refractivity (Wildman–Crippen MR) is 126 cm³/mol. The Hall–Kier alpha value is -2.75. The van der Waals surface area contributed by atoms with Gasteiger partial charge in [0, 0.05) is 23.7 Å². The summed E-state index contributed by atoms with van der Waals surface area (Å²) in [4.78, 5) is 38.4. The third-order valence-corrected chi connectivity index (χ3v) is 9.19. The van der Waals surface area contributed by atoms with Gasteiger partial charge < -0.3 is 4.74 Å². The third-order valence-electron chi connectivity index (χ3n) is 9.19. The maximum absolute atomic E-state index is 14.2. The number of rotatable bonds is 2. The van der Waals surface area contributed by atoms with Crippen LogP contribution in [0.4, 0.5) is 0 Å². The molecule has 1 aromatic rings. The maximum Gasteiger partial charge on any atom is 0.303 e. The largest absolute Gasteiger partial charge is 0.451 e. The number of ketones is 2. The van der Waals surface area contributed by atoms with E-state index in [0.29, 0.717) is 5.92 Å². The van der Waals surface area contributed by atoms with Gasteiger partial charge in [-0.3, -0.25) is 14.4 Å². The highest BCUT2D eigenvalue weighted by Crippen LogP contribution is 2.64. The van der Waals surface area contributed by atoms with Crippen LogP contribution < -0.4 is 0 Å². The smallest absolute Gasteiger partial charge is 0.303 e. The molecule has 0 bridgehead atoms. The quantitative estimate of drug-likeness (QED) is 0.577. The molecule has 0 aliphatic heterocycles. The van der Waals surface area contributed by atoms with Gasteiger partial charge in [0.15, 0.2) is 17.2 Å². The van der Waals surface area contributed by atoms with Crippen molar-refractivity contribution in [3.8, 4) is 0 Å². The van der Waals surface area contributed by atoms with Crippen molar-refractivity contribution in [1.29, 1.82) is 0 Å². The molecule has 0 spiro atoms. The summed E-state index contributed by atoms with van der Waals surface area (Å²) in [7, 11) is 0. The van der Waals surface area contributed by atoms with E-state index in [4.69, 9.17) is 4.74 Å². The highest BCUT2D eigenvalue weighted by atomic mass is 16.6. The fourth-order valence-corrected chi connectivity index (χ4v) is 7.45. The van der Waals surface area contributed by atoms with E-state index in [1.807, 2.05) is 37.3 Å². The van der Waals surface area contributed by atoms with Crippen molar-refractivity contribution in [3.63, 3.8) is 0 Å². The van der Waals surface area contributed by atoms with Gasteiger partial charge in [-0.2, -0.15) is 0 Å². The van der Waals surface area contributed by atoms with Crippen molar-refractivity contribution in [3.05, 3.63) is 71.8 Å². The number of Topliss-reactive ketones (excluding diaryl/α,β-unsaturated/α-hetero) is 1. The summed E-state index contributed by atoms with van der Waals surface area (Å²) in [6, 6.07) is 10.0. The predicted octanol–water partition coefficient (Wildman–Crippen LogP) is 5.35. The Morgan fingerprint density at radius 3 is 2.45 bits per heavy atom. The zero-order valence-corrected chi connectivity index (χ0v) is 19.8. The van der Waals surface area contributed by atoms with E-state index in [2.05, 4.69) is 32.1 Å². The molecule has 2 fully saturated rings. The molecule has 4 aliphatic carbocycles. The zero-order chi connectivity index (χ0) is 23.6. The summed E-state index contributed by atoms with van der Waals surface area (Å²) in [5.74, 6) is 0.161. The fraction of sp³-hybridized carbons (Fsp3) is 0.483. The first-order valence-electron chi connectivity index (χ1n) is 12.0. The molecule has 4 heteroatoms. The molecule has 172 valence electrons. The minimum absolute atomic E-state index is 0.0420. The summed E-state index contributed by atoms with van der Waals surface area (Å²) in [6.07, 6.45) is 12.3. The van der Waals surface area contributed by atoms with Crippen LogP contribution in [0.15, 0.2) is 66.3 Å². The molecule has 7 atom stereocenters. The van der Waals surface area contributed by atoms with E-state index in [1.54, 1.807) is 12.2 Å². The molecule has 0 aromatic heterocycles. The van der Waals surface area contributed by atoms with Crippen molar-refractivity contribution in [2.75, 3.05) is 0 Å². The first kappa shape index (κ1) is 22.1. The monoisotopic (exact) mass is 444 g/mol. The van der Waals surface area contributed by atoms with Gasteiger partial charge in [0.05, 0.1) is 0 Å². The van der Waals surface area contributed by atoms with Gasteiger partial charge in [0.2, 0.25) is 0 Å². The Kier molecular flexibility index (Phi) is 4.93. The SMILES string of the molecule is CC(=O)O[C@@]1(C)C(=O)[C@@]2(C)CC[C@H]3[C@@H](C=CC4=CC(=O)C=C[C@@]43C)[C@@H]2C[C@@H]1c1ccccc1. The molecule has 4 nitrogen and oxygen atoms in total. The van der Waals surface area contributed by atoms with E-state index in [0.717, 1.165) is 30.4 Å². The Morgan fingerprint density at radius 1 is 1.03 bits per heavy atom. The summed E-state index contributed by atoms with van der Waals surface area (Å²) < 4.78 is 5.86. The van der Waals surface area contributed by atoms with Gasteiger partial charge in [-0.1, -0.05) is 62.4 Å². The standard InChI is InChI=1S/C29H32O4/c1-18(30)33-29(4)24(19-8-6-5-7-9-19)17-25-22-11-10-20-16-21(31)12-14-27(20,2)23(22)13-15-28(25,3)26(29)32/h5-12,14,16,22-25H,13,15,17H2,1-4H3/t22-,23+,24-,25+,27+,28+,29-/m1/s1. The molecule has 4 aliphatic rings. The Labute approximate surface area is 195 Å². The maximum atomic E-state index is 14.2. The van der Waals surface area contributed by atoms with Crippen LogP contribution >= 0.6 is 0 Å². The number of carbonyl (C=O) groups is 3. The Morgan fingerprint density at radius 2 is 1.76 bits per heavy atom. The topological polar surface area (TPSA) is 60.4 Å². The molecule has 0 heterocycles. The zero-order valence-electron chi connectivity index (χ0n) is 19.8. The number of esters is 1. The molecule has 0 radical (unpaired) electrons. The summed E-state index contributed by atoms with van der Waals surface area (Å²) in [5, 5.41) is 0. The van der Waals surface area contributed by atoms with E-state index >= 15 is 0 Å². The second kappa shape index (κ2) is 7.38. The van der Waals surface area contributed by atoms with Crippen molar-refractivity contribution in [2.45, 2.75) is 58.5 Å². The van der Waals surface area contributed by atoms with E-state index in [9.17, 15) is 14.4 Å². The molecule has 1 aromatic carbocycles. The molecular weight excluding hydrogens is 412 g/mol. The first-order valence-corrected chi connectivity index (χ1v) is 12.0. The van der Waals surface area contributed by atoms with Crippen LogP contribution in [0.5, 0.6) is 0 Å². The minimum Gasteiger partial charge on any atom is -0.451 e. The second-order valence-electron chi connectivity index (χ2n) is 11.0. The van der Waals surface area contributed by atoms with Crippen LogP contribution in [0.3, 0.4) is 0 Å². The average molecular weight is 445 g/mol. The van der Waals surface area contributed by atoms with Crippen LogP contribution in [-0.2, 0) is 19.1 Å². The van der Waals surface area contributed by atoms with Crippen LogP contribution in [0, 0.1) is 28.6 Å². The summed E-state index contributed by atoms with van der Waals surface area (Å²) in [5.41, 5.74) is 0.166. The number of carbonyl (C=O) groups excluding carboxylic acids is 3. The number of fused-ring (bicyclic) bond motifs is 5. The van der Waals surface area contributed by atoms with E-state index in [1.165, 1.54) is 6.92 Å². The van der Waals surface area contributed by atoms with Gasteiger partial charge in [0.1, 0.15) is 0 Å². The van der Waals surface area contributed by atoms with Gasteiger partial charge >= 0.3 is 5.97 Å². The highest BCUT2D eigenvalue weighted by Gasteiger charge is 2.64. The van der Waals surface area contributed by atoms with Gasteiger partial charge in [-0.15, -0.1) is 0 Å². The lowest BCUT2D eigenvalue weighted by Crippen LogP contribution is -2.63. The number of ether oxygens (including phenoxy) is 1. The molecule has 0 N–H and O–H groups in total. The van der Waals surface area contributed by atoms with Crippen molar-refractivity contribution in [1.82, 2.24) is 0 Å². The number of allylic oxidation sites excluding steroid dienone is 6. The van der Waals surface area contributed by atoms with Gasteiger partial charge in [-0.25, -0.2) is 0 Å². The lowest BCUT2D eigenvalue weighted by Gasteiger charge is -2.60. The van der Waals surface area contributed by atoms with E-state index in [-0.39, 0.29) is 34.7 Å². The lowest BCUT2D eigenvalue weighted by atomic mass is 9.44.